The van der Waals surface area contributed by atoms with Gasteiger partial charge < -0.3 is 25.6 Å². The Morgan fingerprint density at radius 2 is 2.09 bits per heavy atom. The Balaban J connectivity index is 1.54. The van der Waals surface area contributed by atoms with Crippen LogP contribution in [0.4, 0.5) is 5.69 Å². The van der Waals surface area contributed by atoms with E-state index < -0.39 is 0 Å². The van der Waals surface area contributed by atoms with Gasteiger partial charge in [-0.3, -0.25) is 9.48 Å². The number of rotatable bonds is 5. The molecule has 1 aliphatic rings. The number of anilines is 1. The molecule has 2 heterocycles. The van der Waals surface area contributed by atoms with Crippen molar-refractivity contribution in [3.63, 3.8) is 0 Å². The van der Waals surface area contributed by atoms with Crippen LogP contribution in [0.2, 0.25) is 5.02 Å². The molecule has 3 aromatic rings. The van der Waals surface area contributed by atoms with E-state index in [1.54, 1.807) is 35.1 Å². The summed E-state index contributed by atoms with van der Waals surface area (Å²) in [4.78, 5) is 12.3. The molecule has 1 atom stereocenters. The molecule has 0 saturated carbocycles. The van der Waals surface area contributed by atoms with Crippen molar-refractivity contribution in [2.45, 2.75) is 12.6 Å². The number of benzene rings is 2. The van der Waals surface area contributed by atoms with Crippen molar-refractivity contribution in [1.29, 1.82) is 0 Å². The van der Waals surface area contributed by atoms with E-state index in [-0.39, 0.29) is 24.3 Å². The third kappa shape index (κ3) is 5.72. The van der Waals surface area contributed by atoms with Crippen molar-refractivity contribution in [3.8, 4) is 28.8 Å². The maximum Gasteiger partial charge on any atom is 0.243 e. The van der Waals surface area contributed by atoms with E-state index in [9.17, 15) is 15.0 Å². The van der Waals surface area contributed by atoms with Crippen LogP contribution in [0.15, 0.2) is 48.7 Å². The Morgan fingerprint density at radius 3 is 2.82 bits per heavy atom. The molecule has 2 aromatic carbocycles. The number of nitrogens with zero attached hydrogens (tertiary/aromatic N) is 2. The minimum atomic E-state index is -0.366. The highest BCUT2D eigenvalue weighted by Gasteiger charge is 2.21. The Kier molecular flexibility index (Phi) is 7.27. The fraction of sp³-hybridized carbons (Fsp3) is 0.250. The van der Waals surface area contributed by atoms with Crippen LogP contribution in [0, 0.1) is 11.8 Å². The van der Waals surface area contributed by atoms with E-state index in [4.69, 9.17) is 16.3 Å². The number of halogens is 1. The van der Waals surface area contributed by atoms with E-state index in [0.29, 0.717) is 53.8 Å². The van der Waals surface area contributed by atoms with Crippen LogP contribution in [0.3, 0.4) is 0 Å². The number of aliphatic hydroxyl groups excluding tert-OH is 1. The Hall–Kier alpha value is -3.35. The summed E-state index contributed by atoms with van der Waals surface area (Å²) < 4.78 is 6.89. The molecule has 0 bridgehead atoms. The highest BCUT2D eigenvalue weighted by Crippen LogP contribution is 2.32. The normalized spacial score (nSPS) is 15.5. The molecule has 1 fully saturated rings. The van der Waals surface area contributed by atoms with Crippen molar-refractivity contribution in [2.24, 2.45) is 0 Å². The van der Waals surface area contributed by atoms with Crippen molar-refractivity contribution < 1.29 is 19.7 Å². The van der Waals surface area contributed by atoms with Crippen LogP contribution in [-0.4, -0.2) is 58.3 Å². The fourth-order valence-corrected chi connectivity index (χ4v) is 3.54. The largest absolute Gasteiger partial charge is 0.507 e. The quantitative estimate of drug-likeness (QED) is 0.429. The van der Waals surface area contributed by atoms with Gasteiger partial charge in [-0.25, -0.2) is 0 Å². The molecule has 170 valence electrons. The van der Waals surface area contributed by atoms with E-state index in [1.807, 2.05) is 12.1 Å². The number of hydrogen-bond donors (Lipinski definition) is 4. The van der Waals surface area contributed by atoms with E-state index in [0.717, 1.165) is 5.56 Å². The number of aromatic nitrogens is 2. The number of carbonyl (C=O) groups is 1. The Morgan fingerprint density at radius 1 is 1.27 bits per heavy atom. The number of amides is 1. The molecule has 9 heteroatoms. The van der Waals surface area contributed by atoms with Gasteiger partial charge in [0.1, 0.15) is 17.5 Å². The molecule has 1 amide bonds. The first-order valence-electron chi connectivity index (χ1n) is 10.4. The molecular formula is C24H23ClN4O4. The molecule has 33 heavy (non-hydrogen) atoms. The molecule has 4 N–H and O–H groups in total. The lowest BCUT2D eigenvalue weighted by atomic mass is 10.1. The molecule has 8 nitrogen and oxygen atoms in total. The third-order valence-corrected chi connectivity index (χ3v) is 5.27. The van der Waals surface area contributed by atoms with Crippen molar-refractivity contribution in [3.05, 3.63) is 64.8 Å². The first-order valence-corrected chi connectivity index (χ1v) is 10.8. The maximum absolute atomic E-state index is 12.3. The number of aromatic hydroxyl groups is 1. The smallest absolute Gasteiger partial charge is 0.243 e. The molecule has 1 aliphatic heterocycles. The number of phenolic OH excluding ortho intramolecular Hbond substituents is 1. The highest BCUT2D eigenvalue weighted by atomic mass is 35.5. The van der Waals surface area contributed by atoms with Crippen LogP contribution >= 0.6 is 11.6 Å². The second-order valence-corrected chi connectivity index (χ2v) is 7.87. The monoisotopic (exact) mass is 466 g/mol. The third-order valence-electron chi connectivity index (χ3n) is 5.04. The van der Waals surface area contributed by atoms with E-state index in [2.05, 4.69) is 27.6 Å². The SMILES string of the molecule is O=C(Nc1ccc(C#Cc2cn(CCO)nc2-c2cc(Cl)ccc2O)cc1)[C@@H]1COCCN1. The van der Waals surface area contributed by atoms with Gasteiger partial charge in [0.15, 0.2) is 0 Å². The number of phenols is 1. The number of ether oxygens (including phenoxy) is 1. The molecule has 0 unspecified atom stereocenters. The first-order chi connectivity index (χ1) is 16.0. The van der Waals surface area contributed by atoms with Gasteiger partial charge in [0.25, 0.3) is 0 Å². The minimum absolute atomic E-state index is 0.0367. The van der Waals surface area contributed by atoms with Crippen LogP contribution < -0.4 is 10.6 Å². The summed E-state index contributed by atoms with van der Waals surface area (Å²) in [5.74, 6) is 6.06. The number of nitrogens with one attached hydrogen (secondary N) is 2. The number of carbonyl (C=O) groups excluding carboxylic acids is 1. The van der Waals surface area contributed by atoms with Crippen LogP contribution in [0.5, 0.6) is 5.75 Å². The van der Waals surface area contributed by atoms with Gasteiger partial charge in [-0.1, -0.05) is 23.4 Å². The van der Waals surface area contributed by atoms with Crippen LogP contribution in [0.1, 0.15) is 11.1 Å². The zero-order valence-electron chi connectivity index (χ0n) is 17.7. The van der Waals surface area contributed by atoms with Gasteiger partial charge in [0, 0.05) is 34.6 Å². The zero-order valence-corrected chi connectivity index (χ0v) is 18.5. The molecule has 0 spiro atoms. The lowest BCUT2D eigenvalue weighted by molar-refractivity contribution is -0.120. The molecular weight excluding hydrogens is 444 g/mol. The van der Waals surface area contributed by atoms with Gasteiger partial charge in [-0.2, -0.15) is 5.10 Å². The topological polar surface area (TPSA) is 109 Å². The molecule has 0 aliphatic carbocycles. The summed E-state index contributed by atoms with van der Waals surface area (Å²) in [5.41, 5.74) is 2.92. The Labute approximate surface area is 196 Å². The molecule has 4 rings (SSSR count). The van der Waals surface area contributed by atoms with Gasteiger partial charge in [0.05, 0.1) is 31.9 Å². The Bertz CT molecular complexity index is 1190. The first kappa shape index (κ1) is 22.8. The predicted molar refractivity (Wildman–Crippen MR) is 125 cm³/mol. The zero-order chi connectivity index (χ0) is 23.2. The lowest BCUT2D eigenvalue weighted by Crippen LogP contribution is -2.48. The summed E-state index contributed by atoms with van der Waals surface area (Å²) >= 11 is 6.10. The number of morpholine rings is 1. The number of hydrogen-bond acceptors (Lipinski definition) is 6. The van der Waals surface area contributed by atoms with E-state index in [1.165, 1.54) is 6.07 Å². The van der Waals surface area contributed by atoms with Crippen molar-refractivity contribution >= 4 is 23.2 Å². The second kappa shape index (κ2) is 10.5. The van der Waals surface area contributed by atoms with Gasteiger partial charge >= 0.3 is 0 Å². The summed E-state index contributed by atoms with van der Waals surface area (Å²) in [5, 5.41) is 30.4. The summed E-state index contributed by atoms with van der Waals surface area (Å²) in [6, 6.07) is 11.5. The van der Waals surface area contributed by atoms with E-state index >= 15 is 0 Å². The maximum atomic E-state index is 12.3. The minimum Gasteiger partial charge on any atom is -0.507 e. The van der Waals surface area contributed by atoms with Crippen LogP contribution in [0.25, 0.3) is 11.3 Å². The predicted octanol–water partition coefficient (Wildman–Crippen LogP) is 2.23. The highest BCUT2D eigenvalue weighted by molar-refractivity contribution is 6.31. The lowest BCUT2D eigenvalue weighted by Gasteiger charge is -2.22. The van der Waals surface area contributed by atoms with Crippen molar-refractivity contribution in [1.82, 2.24) is 15.1 Å². The number of aliphatic hydroxyl groups is 1. The van der Waals surface area contributed by atoms with Gasteiger partial charge in [-0.05, 0) is 42.5 Å². The standard InChI is InChI=1S/C24H23ClN4O4/c25-18-5-8-22(31)20(13-18)23-17(14-29(28-23)10-11-30)4-1-16-2-6-19(7-3-16)27-24(32)21-15-33-12-9-26-21/h2-3,5-8,13-14,21,26,30-31H,9-12,15H2,(H,27,32)/t21-/m0/s1. The molecule has 1 saturated heterocycles. The fourth-order valence-electron chi connectivity index (χ4n) is 3.37. The second-order valence-electron chi connectivity index (χ2n) is 7.44. The average molecular weight is 467 g/mol. The summed E-state index contributed by atoms with van der Waals surface area (Å²) in [7, 11) is 0. The summed E-state index contributed by atoms with van der Waals surface area (Å²) in [6.45, 7) is 1.82. The van der Waals surface area contributed by atoms with Crippen molar-refractivity contribution in [2.75, 3.05) is 31.7 Å². The average Bonchev–Trinajstić information content (AvgIpc) is 3.23. The van der Waals surface area contributed by atoms with Gasteiger partial charge in [-0.15, -0.1) is 0 Å². The van der Waals surface area contributed by atoms with Crippen LogP contribution in [-0.2, 0) is 16.1 Å². The van der Waals surface area contributed by atoms with Gasteiger partial charge in [0.2, 0.25) is 5.91 Å². The molecule has 0 radical (unpaired) electrons. The molecule has 1 aromatic heterocycles. The summed E-state index contributed by atoms with van der Waals surface area (Å²) in [6.07, 6.45) is 1.72.